The standard InChI is InChI=1S/C57H41N/c1-57(2)53-25-12-10-21-49(53)50-36-35-43(37-54(50)57)58(55-26-13-11-17-44(55)40-15-4-3-5-16-40)42-33-31-39(32-34-42)38-27-29-41(30-28-38)45-23-14-24-52-48-19-7-6-18-46(48)47-20-8-9-22-51(47)56(45)52/h3-37H,1-2H3. The van der Waals surface area contributed by atoms with E-state index in [0.29, 0.717) is 0 Å². The third-order valence-electron chi connectivity index (χ3n) is 12.5. The van der Waals surface area contributed by atoms with Crippen molar-refractivity contribution in [2.24, 2.45) is 0 Å². The summed E-state index contributed by atoms with van der Waals surface area (Å²) in [6, 6.07) is 78.0. The molecule has 274 valence electrons. The van der Waals surface area contributed by atoms with E-state index in [0.717, 1.165) is 17.1 Å². The molecule has 0 heterocycles. The van der Waals surface area contributed by atoms with Crippen LogP contribution in [-0.2, 0) is 5.41 Å². The van der Waals surface area contributed by atoms with Crippen LogP contribution in [0.1, 0.15) is 25.0 Å². The van der Waals surface area contributed by atoms with Gasteiger partial charge in [-0.25, -0.2) is 0 Å². The summed E-state index contributed by atoms with van der Waals surface area (Å²) in [5.41, 5.74) is 16.0. The van der Waals surface area contributed by atoms with Crippen molar-refractivity contribution in [3.05, 3.63) is 223 Å². The van der Waals surface area contributed by atoms with Gasteiger partial charge in [-0.15, -0.1) is 0 Å². The Morgan fingerprint density at radius 1 is 0.310 bits per heavy atom. The Hall–Kier alpha value is -7.22. The number of fused-ring (bicyclic) bond motifs is 9. The van der Waals surface area contributed by atoms with Gasteiger partial charge in [0.1, 0.15) is 0 Å². The van der Waals surface area contributed by atoms with Crippen LogP contribution in [0, 0.1) is 0 Å². The van der Waals surface area contributed by atoms with Gasteiger partial charge in [0.25, 0.3) is 0 Å². The van der Waals surface area contributed by atoms with E-state index in [9.17, 15) is 0 Å². The molecule has 1 heteroatoms. The molecule has 0 radical (unpaired) electrons. The molecular formula is C57H41N. The molecule has 0 amide bonds. The van der Waals surface area contributed by atoms with Gasteiger partial charge in [0.15, 0.2) is 0 Å². The van der Waals surface area contributed by atoms with Crippen LogP contribution in [0.25, 0.3) is 76.8 Å². The van der Waals surface area contributed by atoms with Crippen LogP contribution in [-0.4, -0.2) is 0 Å². The van der Waals surface area contributed by atoms with E-state index < -0.39 is 0 Å². The predicted molar refractivity (Wildman–Crippen MR) is 248 cm³/mol. The lowest BCUT2D eigenvalue weighted by atomic mass is 9.82. The van der Waals surface area contributed by atoms with Gasteiger partial charge in [0.05, 0.1) is 5.69 Å². The number of nitrogens with zero attached hydrogens (tertiary/aromatic N) is 1. The molecule has 0 saturated carbocycles. The van der Waals surface area contributed by atoms with E-state index in [4.69, 9.17) is 0 Å². The third kappa shape index (κ3) is 5.39. The van der Waals surface area contributed by atoms with Gasteiger partial charge in [-0.05, 0) is 113 Å². The van der Waals surface area contributed by atoms with Crippen LogP contribution in [0.3, 0.4) is 0 Å². The predicted octanol–water partition coefficient (Wildman–Crippen LogP) is 15.9. The Balaban J connectivity index is 0.997. The van der Waals surface area contributed by atoms with Crippen molar-refractivity contribution in [1.29, 1.82) is 0 Å². The second-order valence-electron chi connectivity index (χ2n) is 16.1. The summed E-state index contributed by atoms with van der Waals surface area (Å²) in [5.74, 6) is 0. The molecule has 1 aliphatic carbocycles. The lowest BCUT2D eigenvalue weighted by Crippen LogP contribution is -2.16. The minimum atomic E-state index is -0.102. The zero-order valence-corrected chi connectivity index (χ0v) is 32.7. The highest BCUT2D eigenvalue weighted by molar-refractivity contribution is 6.28. The highest BCUT2D eigenvalue weighted by Gasteiger charge is 2.36. The van der Waals surface area contributed by atoms with Crippen molar-refractivity contribution in [3.8, 4) is 44.5 Å². The van der Waals surface area contributed by atoms with Crippen LogP contribution < -0.4 is 4.90 Å². The molecule has 0 N–H and O–H groups in total. The molecule has 0 aromatic heterocycles. The van der Waals surface area contributed by atoms with Crippen LogP contribution in [0.2, 0.25) is 0 Å². The van der Waals surface area contributed by atoms with Gasteiger partial charge in [0.2, 0.25) is 0 Å². The van der Waals surface area contributed by atoms with Crippen LogP contribution >= 0.6 is 0 Å². The van der Waals surface area contributed by atoms with Gasteiger partial charge in [-0.2, -0.15) is 0 Å². The van der Waals surface area contributed by atoms with Crippen LogP contribution in [0.4, 0.5) is 17.1 Å². The molecule has 10 aromatic rings. The maximum Gasteiger partial charge on any atom is 0.0540 e. The molecule has 0 fully saturated rings. The lowest BCUT2D eigenvalue weighted by molar-refractivity contribution is 0.660. The van der Waals surface area contributed by atoms with Gasteiger partial charge in [0, 0.05) is 22.4 Å². The summed E-state index contributed by atoms with van der Waals surface area (Å²) in [6.45, 7) is 4.71. The van der Waals surface area contributed by atoms with Gasteiger partial charge >= 0.3 is 0 Å². The maximum absolute atomic E-state index is 2.43. The molecule has 0 atom stereocenters. The fraction of sp³-hybridized carbons (Fsp3) is 0.0526. The Labute approximate surface area is 340 Å². The van der Waals surface area contributed by atoms with Gasteiger partial charge in [-0.3, -0.25) is 0 Å². The number of hydrogen-bond donors (Lipinski definition) is 0. The quantitative estimate of drug-likeness (QED) is 0.154. The van der Waals surface area contributed by atoms with E-state index in [1.807, 2.05) is 0 Å². The SMILES string of the molecule is CC1(C)c2ccccc2-c2ccc(N(c3ccc(-c4ccc(-c5cccc6c7ccccc7c7ccccc7c56)cc4)cc3)c3ccccc3-c3ccccc3)cc21. The second-order valence-corrected chi connectivity index (χ2v) is 16.1. The average Bonchev–Trinajstić information content (AvgIpc) is 3.52. The number of benzene rings is 10. The fourth-order valence-electron chi connectivity index (χ4n) is 9.63. The van der Waals surface area contributed by atoms with Crippen LogP contribution in [0.5, 0.6) is 0 Å². The molecule has 0 spiro atoms. The van der Waals surface area contributed by atoms with Gasteiger partial charge < -0.3 is 4.90 Å². The van der Waals surface area contributed by atoms with E-state index in [1.54, 1.807) is 0 Å². The molecule has 58 heavy (non-hydrogen) atoms. The summed E-state index contributed by atoms with van der Waals surface area (Å²) in [4.78, 5) is 2.43. The van der Waals surface area contributed by atoms with Crippen molar-refractivity contribution >= 4 is 49.4 Å². The summed E-state index contributed by atoms with van der Waals surface area (Å²) in [6.07, 6.45) is 0. The monoisotopic (exact) mass is 739 g/mol. The molecular weight excluding hydrogens is 699 g/mol. The van der Waals surface area contributed by atoms with Crippen molar-refractivity contribution in [1.82, 2.24) is 0 Å². The largest absolute Gasteiger partial charge is 0.310 e. The first kappa shape index (κ1) is 34.1. The van der Waals surface area contributed by atoms with E-state index >= 15 is 0 Å². The second kappa shape index (κ2) is 13.5. The smallest absolute Gasteiger partial charge is 0.0540 e. The first-order valence-electron chi connectivity index (χ1n) is 20.3. The minimum Gasteiger partial charge on any atom is -0.310 e. The Morgan fingerprint density at radius 2 is 0.776 bits per heavy atom. The first-order chi connectivity index (χ1) is 28.5. The summed E-state index contributed by atoms with van der Waals surface area (Å²) >= 11 is 0. The van der Waals surface area contributed by atoms with Crippen LogP contribution in [0.15, 0.2) is 212 Å². The normalized spacial score (nSPS) is 12.8. The maximum atomic E-state index is 2.43. The number of hydrogen-bond acceptors (Lipinski definition) is 1. The molecule has 0 saturated heterocycles. The fourth-order valence-corrected chi connectivity index (χ4v) is 9.63. The number of rotatable bonds is 6. The highest BCUT2D eigenvalue weighted by atomic mass is 15.1. The van der Waals surface area contributed by atoms with E-state index in [-0.39, 0.29) is 5.41 Å². The average molecular weight is 740 g/mol. The summed E-state index contributed by atoms with van der Waals surface area (Å²) in [7, 11) is 0. The Morgan fingerprint density at radius 3 is 1.48 bits per heavy atom. The molecule has 1 aliphatic rings. The van der Waals surface area contributed by atoms with Crippen molar-refractivity contribution in [2.75, 3.05) is 4.90 Å². The van der Waals surface area contributed by atoms with Crippen molar-refractivity contribution < 1.29 is 0 Å². The Kier molecular flexibility index (Phi) is 7.91. The number of para-hydroxylation sites is 1. The zero-order valence-electron chi connectivity index (χ0n) is 32.7. The summed E-state index contributed by atoms with van der Waals surface area (Å²) < 4.78 is 0. The zero-order chi connectivity index (χ0) is 38.8. The lowest BCUT2D eigenvalue weighted by Gasteiger charge is -2.30. The number of anilines is 3. The topological polar surface area (TPSA) is 3.24 Å². The van der Waals surface area contributed by atoms with E-state index in [2.05, 4.69) is 231 Å². The first-order valence-corrected chi connectivity index (χ1v) is 20.3. The molecule has 0 unspecified atom stereocenters. The van der Waals surface area contributed by atoms with Crippen molar-refractivity contribution in [3.63, 3.8) is 0 Å². The van der Waals surface area contributed by atoms with E-state index in [1.165, 1.54) is 88.0 Å². The molecule has 0 bridgehead atoms. The molecule has 0 aliphatic heterocycles. The van der Waals surface area contributed by atoms with Gasteiger partial charge in [-0.1, -0.05) is 196 Å². The Bertz CT molecular complexity index is 3130. The molecule has 1 nitrogen and oxygen atoms in total. The highest BCUT2D eigenvalue weighted by Crippen LogP contribution is 2.51. The molecule has 11 rings (SSSR count). The van der Waals surface area contributed by atoms with Crippen molar-refractivity contribution in [2.45, 2.75) is 19.3 Å². The molecule has 10 aromatic carbocycles. The minimum absolute atomic E-state index is 0.102. The summed E-state index contributed by atoms with van der Waals surface area (Å²) in [5, 5.41) is 7.79. The third-order valence-corrected chi connectivity index (χ3v) is 12.5.